The molecule has 2 rings (SSSR count). The lowest BCUT2D eigenvalue weighted by Crippen LogP contribution is -2.45. The third-order valence-corrected chi connectivity index (χ3v) is 3.22. The fraction of sp³-hybridized carbons (Fsp3) is 0.455. The Labute approximate surface area is 92.6 Å². The second kappa shape index (κ2) is 3.74. The number of halogens is 2. The molecule has 0 amide bonds. The molecule has 0 radical (unpaired) electrons. The third-order valence-electron chi connectivity index (χ3n) is 2.89. The first kappa shape index (κ1) is 10.9. The van der Waals surface area contributed by atoms with Crippen molar-refractivity contribution in [2.24, 2.45) is 0 Å². The molecule has 0 heterocycles. The van der Waals surface area contributed by atoms with E-state index in [4.69, 9.17) is 16.3 Å². The van der Waals surface area contributed by atoms with Crippen molar-refractivity contribution in [3.05, 3.63) is 34.6 Å². The van der Waals surface area contributed by atoms with E-state index >= 15 is 0 Å². The fourth-order valence-corrected chi connectivity index (χ4v) is 2.23. The molecule has 1 aliphatic carbocycles. The molecular formula is C11H12ClFO2. The molecule has 0 unspecified atom stereocenters. The van der Waals surface area contributed by atoms with Gasteiger partial charge in [-0.15, -0.1) is 0 Å². The van der Waals surface area contributed by atoms with Gasteiger partial charge in [-0.2, -0.15) is 0 Å². The van der Waals surface area contributed by atoms with E-state index in [-0.39, 0.29) is 11.9 Å². The van der Waals surface area contributed by atoms with E-state index in [1.165, 1.54) is 18.2 Å². The van der Waals surface area contributed by atoms with Crippen LogP contribution in [-0.4, -0.2) is 18.3 Å². The molecular weight excluding hydrogens is 219 g/mol. The summed E-state index contributed by atoms with van der Waals surface area (Å²) in [6.07, 6.45) is 0.966. The Hall–Kier alpha value is -0.640. The van der Waals surface area contributed by atoms with Gasteiger partial charge in [0.15, 0.2) is 0 Å². The molecule has 1 N–H and O–H groups in total. The molecule has 4 heteroatoms. The average Bonchev–Trinajstić information content (AvgIpc) is 2.17. The number of rotatable bonds is 2. The van der Waals surface area contributed by atoms with Crippen LogP contribution in [0.4, 0.5) is 4.39 Å². The molecule has 0 saturated heterocycles. The van der Waals surface area contributed by atoms with E-state index in [9.17, 15) is 9.50 Å². The van der Waals surface area contributed by atoms with E-state index in [0.29, 0.717) is 23.4 Å². The summed E-state index contributed by atoms with van der Waals surface area (Å²) in [5.74, 6) is -0.385. The molecule has 1 aromatic carbocycles. The van der Waals surface area contributed by atoms with Gasteiger partial charge in [0.2, 0.25) is 0 Å². The molecule has 0 aliphatic heterocycles. The first-order valence-electron chi connectivity index (χ1n) is 4.76. The van der Waals surface area contributed by atoms with Gasteiger partial charge in [-0.05, 0) is 18.2 Å². The van der Waals surface area contributed by atoms with Gasteiger partial charge in [-0.1, -0.05) is 11.6 Å². The molecule has 1 aliphatic rings. The highest BCUT2D eigenvalue weighted by atomic mass is 35.5. The van der Waals surface area contributed by atoms with Gasteiger partial charge >= 0.3 is 0 Å². The number of hydrogen-bond donors (Lipinski definition) is 1. The molecule has 82 valence electrons. The van der Waals surface area contributed by atoms with Crippen LogP contribution in [0, 0.1) is 5.82 Å². The second-order valence-corrected chi connectivity index (χ2v) is 4.33. The Morgan fingerprint density at radius 1 is 1.53 bits per heavy atom. The maximum absolute atomic E-state index is 13.0. The smallest absolute Gasteiger partial charge is 0.123 e. The highest BCUT2D eigenvalue weighted by Gasteiger charge is 2.45. The van der Waals surface area contributed by atoms with Crippen molar-refractivity contribution in [2.75, 3.05) is 7.11 Å². The van der Waals surface area contributed by atoms with Gasteiger partial charge in [-0.25, -0.2) is 4.39 Å². The SMILES string of the molecule is COC1CC(O)(c2cc(F)ccc2Cl)C1. The number of hydrogen-bond acceptors (Lipinski definition) is 2. The van der Waals surface area contributed by atoms with Crippen LogP contribution in [-0.2, 0) is 10.3 Å². The molecule has 0 spiro atoms. The number of benzene rings is 1. The van der Waals surface area contributed by atoms with Crippen molar-refractivity contribution >= 4 is 11.6 Å². The fourth-order valence-electron chi connectivity index (χ4n) is 1.93. The minimum atomic E-state index is -1.03. The van der Waals surface area contributed by atoms with Crippen molar-refractivity contribution in [2.45, 2.75) is 24.5 Å². The summed E-state index contributed by atoms with van der Waals surface area (Å²) in [5.41, 5.74) is -0.572. The Bertz CT molecular complexity index is 375. The summed E-state index contributed by atoms with van der Waals surface area (Å²) in [5, 5.41) is 10.6. The van der Waals surface area contributed by atoms with Crippen LogP contribution in [0.25, 0.3) is 0 Å². The van der Waals surface area contributed by atoms with Crippen LogP contribution in [0.2, 0.25) is 5.02 Å². The lowest BCUT2D eigenvalue weighted by atomic mass is 9.73. The molecule has 0 atom stereocenters. The quantitative estimate of drug-likeness (QED) is 0.846. The monoisotopic (exact) mass is 230 g/mol. The van der Waals surface area contributed by atoms with Gasteiger partial charge in [0.25, 0.3) is 0 Å². The Morgan fingerprint density at radius 2 is 2.20 bits per heavy atom. The largest absolute Gasteiger partial charge is 0.385 e. The van der Waals surface area contributed by atoms with Crippen molar-refractivity contribution < 1.29 is 14.2 Å². The van der Waals surface area contributed by atoms with Crippen molar-refractivity contribution in [1.29, 1.82) is 0 Å². The standard InChI is InChI=1S/C11H12ClFO2/c1-15-8-5-11(14,6-8)9-4-7(13)2-3-10(9)12/h2-4,8,14H,5-6H2,1H3. The Kier molecular flexibility index (Phi) is 2.71. The minimum Gasteiger partial charge on any atom is -0.385 e. The first-order chi connectivity index (χ1) is 7.05. The molecule has 1 saturated carbocycles. The zero-order valence-electron chi connectivity index (χ0n) is 8.34. The summed E-state index contributed by atoms with van der Waals surface area (Å²) in [6, 6.07) is 4.03. The zero-order chi connectivity index (χ0) is 11.1. The van der Waals surface area contributed by atoms with Gasteiger partial charge in [0.1, 0.15) is 5.82 Å². The third kappa shape index (κ3) is 1.87. The van der Waals surface area contributed by atoms with Crippen molar-refractivity contribution in [3.63, 3.8) is 0 Å². The van der Waals surface area contributed by atoms with E-state index < -0.39 is 5.60 Å². The minimum absolute atomic E-state index is 0.0364. The summed E-state index contributed by atoms with van der Waals surface area (Å²) in [4.78, 5) is 0. The summed E-state index contributed by atoms with van der Waals surface area (Å²) in [6.45, 7) is 0. The highest BCUT2D eigenvalue weighted by Crippen LogP contribution is 2.45. The molecule has 1 fully saturated rings. The summed E-state index contributed by atoms with van der Waals surface area (Å²) < 4.78 is 18.1. The predicted octanol–water partition coefficient (Wildman–Crippen LogP) is 2.48. The lowest BCUT2D eigenvalue weighted by molar-refractivity contribution is -0.133. The molecule has 2 nitrogen and oxygen atoms in total. The first-order valence-corrected chi connectivity index (χ1v) is 5.14. The second-order valence-electron chi connectivity index (χ2n) is 3.92. The zero-order valence-corrected chi connectivity index (χ0v) is 9.09. The van der Waals surface area contributed by atoms with Crippen molar-refractivity contribution in [3.8, 4) is 0 Å². The molecule has 0 aromatic heterocycles. The molecule has 15 heavy (non-hydrogen) atoms. The van der Waals surface area contributed by atoms with Crippen molar-refractivity contribution in [1.82, 2.24) is 0 Å². The Balaban J connectivity index is 2.27. The van der Waals surface area contributed by atoms with Crippen LogP contribution in [0.15, 0.2) is 18.2 Å². The van der Waals surface area contributed by atoms with Gasteiger partial charge in [-0.3, -0.25) is 0 Å². The molecule has 1 aromatic rings. The average molecular weight is 231 g/mol. The van der Waals surface area contributed by atoms with Crippen LogP contribution in [0.1, 0.15) is 18.4 Å². The lowest BCUT2D eigenvalue weighted by Gasteiger charge is -2.43. The van der Waals surface area contributed by atoms with E-state index in [1.54, 1.807) is 7.11 Å². The normalized spacial score (nSPS) is 30.0. The van der Waals surface area contributed by atoms with E-state index in [1.807, 2.05) is 0 Å². The van der Waals surface area contributed by atoms with Crippen LogP contribution >= 0.6 is 11.6 Å². The summed E-state index contributed by atoms with van der Waals surface area (Å²) in [7, 11) is 1.59. The van der Waals surface area contributed by atoms with E-state index in [2.05, 4.69) is 0 Å². The maximum atomic E-state index is 13.0. The van der Waals surface area contributed by atoms with E-state index in [0.717, 1.165) is 0 Å². The summed E-state index contributed by atoms with van der Waals surface area (Å²) >= 11 is 5.92. The van der Waals surface area contributed by atoms with Crippen LogP contribution in [0.5, 0.6) is 0 Å². The molecule has 0 bridgehead atoms. The number of ether oxygens (including phenoxy) is 1. The van der Waals surface area contributed by atoms with Crippen LogP contribution in [0.3, 0.4) is 0 Å². The number of aliphatic hydroxyl groups is 1. The number of methoxy groups -OCH3 is 1. The maximum Gasteiger partial charge on any atom is 0.123 e. The van der Waals surface area contributed by atoms with Gasteiger partial charge in [0.05, 0.1) is 11.7 Å². The highest BCUT2D eigenvalue weighted by molar-refractivity contribution is 6.31. The van der Waals surface area contributed by atoms with Gasteiger partial charge in [0, 0.05) is 30.5 Å². The topological polar surface area (TPSA) is 29.5 Å². The van der Waals surface area contributed by atoms with Gasteiger partial charge < -0.3 is 9.84 Å². The predicted molar refractivity (Wildman–Crippen MR) is 55.3 cm³/mol. The van der Waals surface area contributed by atoms with Crippen LogP contribution < -0.4 is 0 Å². The Morgan fingerprint density at radius 3 is 2.80 bits per heavy atom.